The number of benzene rings is 1. The Balaban J connectivity index is 1.93. The third kappa shape index (κ3) is 3.05. The van der Waals surface area contributed by atoms with E-state index < -0.39 is 5.69 Å². The van der Waals surface area contributed by atoms with Crippen LogP contribution in [0.4, 0.5) is 5.82 Å². The lowest BCUT2D eigenvalue weighted by Crippen LogP contribution is -2.24. The first-order chi connectivity index (χ1) is 11.4. The number of nitrogens with zero attached hydrogens (tertiary/aromatic N) is 3. The number of nitrogens with one attached hydrogen (secondary N) is 3. The van der Waals surface area contributed by atoms with Crippen molar-refractivity contribution in [3.05, 3.63) is 51.7 Å². The fraction of sp³-hybridized carbons (Fsp3) is 0.294. The summed E-state index contributed by atoms with van der Waals surface area (Å²) >= 11 is 0. The molecule has 0 spiro atoms. The maximum atomic E-state index is 11.5. The van der Waals surface area contributed by atoms with E-state index in [0.29, 0.717) is 11.5 Å². The summed E-state index contributed by atoms with van der Waals surface area (Å²) in [6.45, 7) is 7.98. The van der Waals surface area contributed by atoms with Crippen molar-refractivity contribution in [1.82, 2.24) is 20.2 Å². The van der Waals surface area contributed by atoms with Crippen LogP contribution in [0.2, 0.25) is 0 Å². The van der Waals surface area contributed by atoms with Gasteiger partial charge in [0.1, 0.15) is 5.69 Å². The molecule has 0 aliphatic heterocycles. The molecule has 2 heterocycles. The molecule has 0 radical (unpaired) electrons. The molecule has 7 heteroatoms. The standard InChI is InChI=1S/C17H20N6O/c1-10-12(11-7-5-6-8-13(11)19-10)9-18-22-15-14(17(2,3)4)21-23-16(24)20-15/h5-9,19H,1-4H3,(H2,20,22,23,24)/b18-9+. The molecule has 0 aliphatic carbocycles. The molecule has 0 saturated carbocycles. The summed E-state index contributed by atoms with van der Waals surface area (Å²) in [6, 6.07) is 8.03. The molecule has 0 fully saturated rings. The van der Waals surface area contributed by atoms with E-state index in [0.717, 1.165) is 22.2 Å². The van der Waals surface area contributed by atoms with Crippen molar-refractivity contribution in [3.63, 3.8) is 0 Å². The first-order valence-electron chi connectivity index (χ1n) is 7.70. The van der Waals surface area contributed by atoms with Gasteiger partial charge in [-0.2, -0.15) is 15.2 Å². The van der Waals surface area contributed by atoms with Crippen LogP contribution in [0.1, 0.15) is 37.7 Å². The molecule has 3 rings (SSSR count). The molecule has 2 aromatic heterocycles. The van der Waals surface area contributed by atoms with Gasteiger partial charge in [0.05, 0.1) is 6.21 Å². The van der Waals surface area contributed by atoms with Crippen molar-refractivity contribution in [2.24, 2.45) is 5.10 Å². The van der Waals surface area contributed by atoms with Crippen LogP contribution in [0.15, 0.2) is 34.2 Å². The number of hydrazone groups is 1. The minimum Gasteiger partial charge on any atom is -0.358 e. The van der Waals surface area contributed by atoms with Gasteiger partial charge in [0, 0.05) is 27.6 Å². The van der Waals surface area contributed by atoms with Crippen LogP contribution in [0.5, 0.6) is 0 Å². The fourth-order valence-corrected chi connectivity index (χ4v) is 2.56. The van der Waals surface area contributed by atoms with Gasteiger partial charge in [-0.15, -0.1) is 0 Å². The number of hydrogen-bond acceptors (Lipinski definition) is 5. The number of para-hydroxylation sites is 1. The van der Waals surface area contributed by atoms with E-state index >= 15 is 0 Å². The van der Waals surface area contributed by atoms with Gasteiger partial charge in [-0.1, -0.05) is 39.0 Å². The van der Waals surface area contributed by atoms with Gasteiger partial charge in [0.25, 0.3) is 0 Å². The summed E-state index contributed by atoms with van der Waals surface area (Å²) in [5.41, 5.74) is 5.79. The Labute approximate surface area is 139 Å². The molecular formula is C17H20N6O. The average Bonchev–Trinajstić information content (AvgIpc) is 2.82. The van der Waals surface area contributed by atoms with Crippen LogP contribution in [0.3, 0.4) is 0 Å². The maximum absolute atomic E-state index is 11.5. The van der Waals surface area contributed by atoms with Crippen LogP contribution >= 0.6 is 0 Å². The molecule has 0 unspecified atom stereocenters. The molecule has 0 amide bonds. The molecule has 3 N–H and O–H groups in total. The topological polar surface area (TPSA) is 98.8 Å². The molecule has 0 saturated heterocycles. The molecule has 7 nitrogen and oxygen atoms in total. The molecule has 0 atom stereocenters. The van der Waals surface area contributed by atoms with Crippen molar-refractivity contribution in [1.29, 1.82) is 0 Å². The van der Waals surface area contributed by atoms with Gasteiger partial charge in [0.15, 0.2) is 5.82 Å². The smallest absolute Gasteiger partial charge is 0.358 e. The first kappa shape index (κ1) is 15.9. The third-order valence-electron chi connectivity index (χ3n) is 3.72. The second-order valence-electron chi connectivity index (χ2n) is 6.67. The highest BCUT2D eigenvalue weighted by Crippen LogP contribution is 2.24. The van der Waals surface area contributed by atoms with Gasteiger partial charge in [0.2, 0.25) is 0 Å². The highest BCUT2D eigenvalue weighted by molar-refractivity contribution is 6.00. The summed E-state index contributed by atoms with van der Waals surface area (Å²) in [5.74, 6) is 0.361. The second-order valence-corrected chi connectivity index (χ2v) is 6.67. The van der Waals surface area contributed by atoms with Crippen LogP contribution in [-0.2, 0) is 5.41 Å². The molecule has 3 aromatic rings. The Morgan fingerprint density at radius 2 is 2.00 bits per heavy atom. The Kier molecular flexibility index (Phi) is 3.92. The van der Waals surface area contributed by atoms with Gasteiger partial charge >= 0.3 is 5.69 Å². The number of aromatic nitrogens is 4. The lowest BCUT2D eigenvalue weighted by atomic mass is 9.92. The summed E-state index contributed by atoms with van der Waals surface area (Å²) < 4.78 is 0. The summed E-state index contributed by atoms with van der Waals surface area (Å²) in [4.78, 5) is 18.7. The highest BCUT2D eigenvalue weighted by atomic mass is 16.1. The van der Waals surface area contributed by atoms with E-state index in [1.807, 2.05) is 52.0 Å². The molecule has 1 aromatic carbocycles. The number of aryl methyl sites for hydroxylation is 1. The number of aromatic amines is 2. The number of hydrogen-bond donors (Lipinski definition) is 3. The Morgan fingerprint density at radius 1 is 1.25 bits per heavy atom. The van der Waals surface area contributed by atoms with Gasteiger partial charge < -0.3 is 4.98 Å². The van der Waals surface area contributed by atoms with E-state index in [4.69, 9.17) is 0 Å². The molecule has 124 valence electrons. The molecule has 0 bridgehead atoms. The predicted molar refractivity (Wildman–Crippen MR) is 95.6 cm³/mol. The normalized spacial score (nSPS) is 12.2. The van der Waals surface area contributed by atoms with Crippen molar-refractivity contribution < 1.29 is 0 Å². The van der Waals surface area contributed by atoms with Crippen molar-refractivity contribution in [2.45, 2.75) is 33.1 Å². The van der Waals surface area contributed by atoms with E-state index in [9.17, 15) is 4.79 Å². The van der Waals surface area contributed by atoms with Crippen LogP contribution in [0, 0.1) is 6.92 Å². The van der Waals surface area contributed by atoms with Crippen molar-refractivity contribution >= 4 is 22.9 Å². The van der Waals surface area contributed by atoms with Crippen molar-refractivity contribution in [2.75, 3.05) is 5.43 Å². The van der Waals surface area contributed by atoms with Crippen LogP contribution in [0.25, 0.3) is 10.9 Å². The zero-order valence-electron chi connectivity index (χ0n) is 14.1. The van der Waals surface area contributed by atoms with E-state index in [2.05, 4.69) is 30.7 Å². The minimum atomic E-state index is -0.510. The third-order valence-corrected chi connectivity index (χ3v) is 3.72. The number of rotatable bonds is 3. The van der Waals surface area contributed by atoms with Gasteiger partial charge in [-0.3, -0.25) is 5.43 Å². The number of anilines is 1. The minimum absolute atomic E-state index is 0.272. The summed E-state index contributed by atoms with van der Waals surface area (Å²) in [6.07, 6.45) is 1.73. The molecular weight excluding hydrogens is 304 g/mol. The zero-order chi connectivity index (χ0) is 17.3. The fourth-order valence-electron chi connectivity index (χ4n) is 2.56. The van der Waals surface area contributed by atoms with E-state index in [-0.39, 0.29) is 5.41 Å². The summed E-state index contributed by atoms with van der Waals surface area (Å²) in [5, 5.41) is 11.8. The average molecular weight is 324 g/mol. The summed E-state index contributed by atoms with van der Waals surface area (Å²) in [7, 11) is 0. The Bertz CT molecular complexity index is 961. The second kappa shape index (κ2) is 5.92. The van der Waals surface area contributed by atoms with E-state index in [1.54, 1.807) is 6.21 Å². The monoisotopic (exact) mass is 324 g/mol. The van der Waals surface area contributed by atoms with E-state index in [1.165, 1.54) is 0 Å². The molecule has 0 aliphatic rings. The molecule has 24 heavy (non-hydrogen) atoms. The quantitative estimate of drug-likeness (QED) is 0.509. The van der Waals surface area contributed by atoms with Crippen LogP contribution < -0.4 is 11.1 Å². The van der Waals surface area contributed by atoms with Gasteiger partial charge in [-0.25, -0.2) is 9.89 Å². The number of H-pyrrole nitrogens is 2. The SMILES string of the molecule is Cc1[nH]c2ccccc2c1/C=N/Nc1nc(=O)[nH]nc1C(C)(C)C. The number of fused-ring (bicyclic) bond motifs is 1. The highest BCUT2D eigenvalue weighted by Gasteiger charge is 2.21. The van der Waals surface area contributed by atoms with Crippen LogP contribution in [-0.4, -0.2) is 26.4 Å². The Hall–Kier alpha value is -2.96. The maximum Gasteiger partial charge on any atom is 0.363 e. The first-order valence-corrected chi connectivity index (χ1v) is 7.70. The predicted octanol–water partition coefficient (Wildman–Crippen LogP) is 2.70. The Morgan fingerprint density at radius 3 is 2.75 bits per heavy atom. The lowest BCUT2D eigenvalue weighted by molar-refractivity contribution is 0.553. The lowest BCUT2D eigenvalue weighted by Gasteiger charge is -2.18. The zero-order valence-corrected chi connectivity index (χ0v) is 14.1. The largest absolute Gasteiger partial charge is 0.363 e. The van der Waals surface area contributed by atoms with Crippen molar-refractivity contribution in [3.8, 4) is 0 Å². The van der Waals surface area contributed by atoms with Gasteiger partial charge in [-0.05, 0) is 13.0 Å².